The first kappa shape index (κ1) is 27.9. The van der Waals surface area contributed by atoms with Crippen molar-refractivity contribution in [2.24, 2.45) is 0 Å². The molecule has 12 heteroatoms. The van der Waals surface area contributed by atoms with Gasteiger partial charge in [-0.15, -0.1) is 0 Å². The molecule has 0 saturated heterocycles. The van der Waals surface area contributed by atoms with Crippen molar-refractivity contribution >= 4 is 23.5 Å². The van der Waals surface area contributed by atoms with Gasteiger partial charge in [-0.25, -0.2) is 9.59 Å². The van der Waals surface area contributed by atoms with E-state index in [0.29, 0.717) is 5.56 Å². The second kappa shape index (κ2) is 13.5. The molecule has 0 aliphatic heterocycles. The minimum atomic E-state index is -2.26. The third-order valence-electron chi connectivity index (χ3n) is 4.72. The number of ether oxygens (including phenoxy) is 2. The van der Waals surface area contributed by atoms with E-state index in [4.69, 9.17) is 9.47 Å². The molecule has 1 rings (SSSR count). The number of carbonyl (C=O) groups is 3. The monoisotopic (exact) mass is 469 g/mol. The van der Waals surface area contributed by atoms with Crippen LogP contribution in [0.15, 0.2) is 18.2 Å². The lowest BCUT2D eigenvalue weighted by Gasteiger charge is -2.31. The Hall–Kier alpha value is -3.09. The Labute approximate surface area is 191 Å². The third-order valence-corrected chi connectivity index (χ3v) is 4.72. The smallest absolute Gasteiger partial charge is 0.344 e. The van der Waals surface area contributed by atoms with Gasteiger partial charge in [0.25, 0.3) is 5.69 Å². The van der Waals surface area contributed by atoms with Gasteiger partial charge in [0.05, 0.1) is 31.4 Å². The maximum Gasteiger partial charge on any atom is 0.344 e. The van der Waals surface area contributed by atoms with Gasteiger partial charge in [0.2, 0.25) is 11.4 Å². The molecule has 12 nitrogen and oxygen atoms in total. The van der Waals surface area contributed by atoms with Crippen molar-refractivity contribution in [3.63, 3.8) is 0 Å². The average Bonchev–Trinajstić information content (AvgIpc) is 2.74. The van der Waals surface area contributed by atoms with Crippen molar-refractivity contribution in [3.05, 3.63) is 39.4 Å². The van der Waals surface area contributed by atoms with Gasteiger partial charge in [-0.05, 0) is 25.0 Å². The topological polar surface area (TPSA) is 169 Å². The van der Waals surface area contributed by atoms with Crippen LogP contribution >= 0.6 is 0 Å². The van der Waals surface area contributed by atoms with Crippen LogP contribution in [0, 0.1) is 10.1 Å². The van der Waals surface area contributed by atoms with E-state index >= 15 is 0 Å². The summed E-state index contributed by atoms with van der Waals surface area (Å²) in [6.45, 7) is 4.21. The minimum absolute atomic E-state index is 0.0812. The Morgan fingerprint density at radius 2 is 1.61 bits per heavy atom. The first-order chi connectivity index (χ1) is 15.6. The van der Waals surface area contributed by atoms with Crippen LogP contribution in [-0.4, -0.2) is 82.9 Å². The molecule has 1 aromatic carbocycles. The standard InChI is InChI=1S/C21H31N3O9/c1-4-32-19(28)21(22-15(3)27,20(29)33-5-2)13-17-12-18(24(30)31)7-6-16(17)14-23(8-10-25)9-11-26/h6-7,12,25-26H,4-5,8-11,13-14H2,1-3H3,(H,22,27). The quantitative estimate of drug-likeness (QED) is 0.145. The molecule has 1 amide bonds. The number of esters is 2. The van der Waals surface area contributed by atoms with Crippen molar-refractivity contribution in [2.75, 3.05) is 39.5 Å². The summed E-state index contributed by atoms with van der Waals surface area (Å²) in [5.74, 6) is -2.82. The van der Waals surface area contributed by atoms with Gasteiger partial charge in [0.15, 0.2) is 0 Å². The van der Waals surface area contributed by atoms with E-state index < -0.39 is 34.7 Å². The van der Waals surface area contributed by atoms with Crippen molar-refractivity contribution in [1.82, 2.24) is 10.2 Å². The second-order valence-corrected chi connectivity index (χ2v) is 7.14. The number of non-ortho nitro benzene ring substituents is 1. The van der Waals surface area contributed by atoms with Gasteiger partial charge < -0.3 is 25.0 Å². The lowest BCUT2D eigenvalue weighted by Crippen LogP contribution is -2.62. The van der Waals surface area contributed by atoms with E-state index in [1.54, 1.807) is 4.90 Å². The summed E-state index contributed by atoms with van der Waals surface area (Å²) in [5, 5.41) is 32.3. The van der Waals surface area contributed by atoms with Crippen LogP contribution in [0.25, 0.3) is 0 Å². The van der Waals surface area contributed by atoms with Crippen LogP contribution in [0.1, 0.15) is 31.9 Å². The molecule has 33 heavy (non-hydrogen) atoms. The highest BCUT2D eigenvalue weighted by Gasteiger charge is 2.50. The molecule has 0 spiro atoms. The SMILES string of the molecule is CCOC(=O)C(Cc1cc([N+](=O)[O-])ccc1CN(CCO)CCO)(NC(C)=O)C(=O)OCC. The number of aliphatic hydroxyl groups is 2. The Morgan fingerprint density at radius 1 is 1.06 bits per heavy atom. The summed E-state index contributed by atoms with van der Waals surface area (Å²) in [6, 6.07) is 3.94. The fraction of sp³-hybridized carbons (Fsp3) is 0.571. The number of benzene rings is 1. The number of nitrogens with one attached hydrogen (secondary N) is 1. The fourth-order valence-corrected chi connectivity index (χ4v) is 3.31. The van der Waals surface area contributed by atoms with Crippen LogP contribution in [0.5, 0.6) is 0 Å². The van der Waals surface area contributed by atoms with Gasteiger partial charge in [0.1, 0.15) is 0 Å². The summed E-state index contributed by atoms with van der Waals surface area (Å²) in [5.41, 5.74) is -1.83. The predicted octanol–water partition coefficient (Wildman–Crippen LogP) is -0.0750. The van der Waals surface area contributed by atoms with Crippen LogP contribution < -0.4 is 5.32 Å². The molecule has 0 unspecified atom stereocenters. The molecule has 0 saturated carbocycles. The molecular weight excluding hydrogens is 438 g/mol. The average molecular weight is 469 g/mol. The summed E-state index contributed by atoms with van der Waals surface area (Å²) >= 11 is 0. The number of nitrogens with zero attached hydrogens (tertiary/aromatic N) is 2. The number of amides is 1. The van der Waals surface area contributed by atoms with E-state index in [9.17, 15) is 34.7 Å². The second-order valence-electron chi connectivity index (χ2n) is 7.14. The van der Waals surface area contributed by atoms with Crippen molar-refractivity contribution in [1.29, 1.82) is 0 Å². The van der Waals surface area contributed by atoms with Gasteiger partial charge in [-0.3, -0.25) is 19.8 Å². The number of carbonyl (C=O) groups excluding carboxylic acids is 3. The number of hydrogen-bond donors (Lipinski definition) is 3. The molecule has 1 aromatic rings. The van der Waals surface area contributed by atoms with Gasteiger partial charge in [0, 0.05) is 45.1 Å². The maximum atomic E-state index is 12.9. The van der Waals surface area contributed by atoms with Gasteiger partial charge >= 0.3 is 11.9 Å². The largest absolute Gasteiger partial charge is 0.464 e. The van der Waals surface area contributed by atoms with E-state index in [0.717, 1.165) is 6.92 Å². The summed E-state index contributed by atoms with van der Waals surface area (Å²) < 4.78 is 10.1. The first-order valence-corrected chi connectivity index (χ1v) is 10.5. The predicted molar refractivity (Wildman–Crippen MR) is 116 cm³/mol. The molecule has 184 valence electrons. The van der Waals surface area contributed by atoms with Crippen LogP contribution in [0.4, 0.5) is 5.69 Å². The highest BCUT2D eigenvalue weighted by atomic mass is 16.6. The Bertz CT molecular complexity index is 820. The molecule has 3 N–H and O–H groups in total. The Morgan fingerprint density at radius 3 is 2.03 bits per heavy atom. The van der Waals surface area contributed by atoms with Crippen molar-refractivity contribution in [3.8, 4) is 0 Å². The van der Waals surface area contributed by atoms with Gasteiger partial charge in [-0.1, -0.05) is 6.07 Å². The molecule has 0 heterocycles. The van der Waals surface area contributed by atoms with E-state index in [1.807, 2.05) is 0 Å². The molecule has 0 fully saturated rings. The van der Waals surface area contributed by atoms with E-state index in [1.165, 1.54) is 32.0 Å². The Balaban J connectivity index is 3.64. The highest BCUT2D eigenvalue weighted by molar-refractivity contribution is 6.08. The van der Waals surface area contributed by atoms with E-state index in [2.05, 4.69) is 5.32 Å². The molecule has 0 aliphatic carbocycles. The summed E-state index contributed by atoms with van der Waals surface area (Å²) in [7, 11) is 0. The fourth-order valence-electron chi connectivity index (χ4n) is 3.31. The maximum absolute atomic E-state index is 12.9. The van der Waals surface area contributed by atoms with Gasteiger partial charge in [-0.2, -0.15) is 0 Å². The van der Waals surface area contributed by atoms with Crippen LogP contribution in [0.2, 0.25) is 0 Å². The molecule has 0 radical (unpaired) electrons. The molecule has 0 aromatic heterocycles. The minimum Gasteiger partial charge on any atom is -0.464 e. The van der Waals surface area contributed by atoms with Crippen LogP contribution in [0.3, 0.4) is 0 Å². The highest BCUT2D eigenvalue weighted by Crippen LogP contribution is 2.26. The van der Waals surface area contributed by atoms with Crippen molar-refractivity contribution in [2.45, 2.75) is 39.3 Å². The van der Waals surface area contributed by atoms with E-state index in [-0.39, 0.29) is 57.3 Å². The van der Waals surface area contributed by atoms with Crippen molar-refractivity contribution < 1.29 is 39.0 Å². The zero-order chi connectivity index (χ0) is 25.0. The number of hydrogen-bond acceptors (Lipinski definition) is 10. The molecule has 0 atom stereocenters. The zero-order valence-corrected chi connectivity index (χ0v) is 19.0. The number of rotatable bonds is 14. The lowest BCUT2D eigenvalue weighted by atomic mass is 9.87. The summed E-state index contributed by atoms with van der Waals surface area (Å²) in [6.07, 6.45) is -0.465. The summed E-state index contributed by atoms with van der Waals surface area (Å²) in [4.78, 5) is 50.3. The zero-order valence-electron chi connectivity index (χ0n) is 19.0. The normalized spacial score (nSPS) is 11.2. The molecule has 0 aliphatic rings. The number of aliphatic hydroxyl groups excluding tert-OH is 2. The number of nitro groups is 1. The first-order valence-electron chi connectivity index (χ1n) is 10.5. The third kappa shape index (κ3) is 7.77. The Kier molecular flexibility index (Phi) is 11.4. The number of nitro benzene ring substituents is 1. The lowest BCUT2D eigenvalue weighted by molar-refractivity contribution is -0.384. The van der Waals surface area contributed by atoms with Crippen LogP contribution in [-0.2, 0) is 36.8 Å². The molecule has 0 bridgehead atoms. The molecular formula is C21H31N3O9.